The van der Waals surface area contributed by atoms with E-state index >= 15 is 0 Å². The van der Waals surface area contributed by atoms with Crippen molar-refractivity contribution >= 4 is 5.97 Å². The van der Waals surface area contributed by atoms with E-state index in [0.29, 0.717) is 6.61 Å². The minimum Gasteiger partial charge on any atom is -0.462 e. The van der Waals surface area contributed by atoms with Gasteiger partial charge in [0.1, 0.15) is 6.07 Å². The minimum atomic E-state index is -0.522. The average molecular weight is 237 g/mol. The molecule has 5 nitrogen and oxygen atoms in total. The largest absolute Gasteiger partial charge is 0.462 e. The lowest BCUT2D eigenvalue weighted by atomic mass is 10.2. The van der Waals surface area contributed by atoms with Gasteiger partial charge in [-0.3, -0.25) is 0 Å². The summed E-state index contributed by atoms with van der Waals surface area (Å²) in [5.74, 6) is -0.522. The van der Waals surface area contributed by atoms with Gasteiger partial charge in [-0.1, -0.05) is 0 Å². The van der Waals surface area contributed by atoms with Crippen LogP contribution in [-0.2, 0) is 9.53 Å². The predicted molar refractivity (Wildman–Crippen MR) is 64.0 cm³/mol. The molecule has 1 fully saturated rings. The molecular weight excluding hydrogens is 218 g/mol. The van der Waals surface area contributed by atoms with Crippen LogP contribution in [0.2, 0.25) is 0 Å². The summed E-state index contributed by atoms with van der Waals surface area (Å²) in [4.78, 5) is 15.9. The Bertz CT molecular complexity index is 349. The highest BCUT2D eigenvalue weighted by molar-refractivity contribution is 5.93. The van der Waals surface area contributed by atoms with Gasteiger partial charge in [0.2, 0.25) is 0 Å². The highest BCUT2D eigenvalue weighted by Crippen LogP contribution is 2.13. The third-order valence-corrected chi connectivity index (χ3v) is 2.93. The fraction of sp³-hybridized carbons (Fsp3) is 0.667. The molecule has 0 atom stereocenters. The number of piperazine rings is 1. The summed E-state index contributed by atoms with van der Waals surface area (Å²) in [7, 11) is 2.06. The fourth-order valence-corrected chi connectivity index (χ4v) is 1.78. The normalized spacial score (nSPS) is 18.4. The number of nitriles is 1. The molecule has 1 rings (SSSR count). The van der Waals surface area contributed by atoms with Crippen LogP contribution in [0, 0.1) is 11.3 Å². The zero-order valence-corrected chi connectivity index (χ0v) is 10.7. The lowest BCUT2D eigenvalue weighted by Crippen LogP contribution is -2.44. The first kappa shape index (κ1) is 13.5. The molecule has 0 aromatic heterocycles. The van der Waals surface area contributed by atoms with Crippen LogP contribution >= 0.6 is 0 Å². The molecule has 0 radical (unpaired) electrons. The van der Waals surface area contributed by atoms with E-state index in [1.54, 1.807) is 13.8 Å². The topological polar surface area (TPSA) is 56.6 Å². The van der Waals surface area contributed by atoms with Crippen LogP contribution in [0.3, 0.4) is 0 Å². The molecule has 1 aliphatic rings. The highest BCUT2D eigenvalue weighted by Gasteiger charge is 2.20. The van der Waals surface area contributed by atoms with Crippen LogP contribution < -0.4 is 0 Å². The van der Waals surface area contributed by atoms with Crippen molar-refractivity contribution < 1.29 is 9.53 Å². The molecule has 0 amide bonds. The number of esters is 1. The quantitative estimate of drug-likeness (QED) is 0.408. The molecule has 17 heavy (non-hydrogen) atoms. The van der Waals surface area contributed by atoms with Gasteiger partial charge in [-0.2, -0.15) is 5.26 Å². The van der Waals surface area contributed by atoms with E-state index in [4.69, 9.17) is 10.00 Å². The lowest BCUT2D eigenvalue weighted by Gasteiger charge is -2.34. The van der Waals surface area contributed by atoms with Crippen LogP contribution in [0.15, 0.2) is 11.3 Å². The second-order valence-electron chi connectivity index (χ2n) is 4.08. The molecule has 0 bridgehead atoms. The Labute approximate surface area is 102 Å². The second-order valence-corrected chi connectivity index (χ2v) is 4.08. The van der Waals surface area contributed by atoms with Crippen molar-refractivity contribution in [2.24, 2.45) is 0 Å². The molecular formula is C12H19N3O2. The summed E-state index contributed by atoms with van der Waals surface area (Å²) in [6.07, 6.45) is 0. The standard InChI is InChI=1S/C12H19N3O2/c1-4-17-12(16)11(9-13)10(2)15-7-5-14(3)6-8-15/h4-8H2,1-3H3/b11-10-. The van der Waals surface area contributed by atoms with Gasteiger partial charge >= 0.3 is 5.97 Å². The molecule has 94 valence electrons. The number of allylic oxidation sites excluding steroid dienone is 1. The van der Waals surface area contributed by atoms with Crippen LogP contribution in [0.1, 0.15) is 13.8 Å². The lowest BCUT2D eigenvalue weighted by molar-refractivity contribution is -0.138. The number of ether oxygens (including phenoxy) is 1. The smallest absolute Gasteiger partial charge is 0.350 e. The molecule has 1 saturated heterocycles. The van der Waals surface area contributed by atoms with E-state index in [9.17, 15) is 4.79 Å². The average Bonchev–Trinajstić information content (AvgIpc) is 2.31. The molecule has 0 aromatic rings. The molecule has 1 aliphatic heterocycles. The molecule has 0 spiro atoms. The van der Waals surface area contributed by atoms with Gasteiger partial charge in [0.05, 0.1) is 6.61 Å². The predicted octanol–water partition coefficient (Wildman–Crippen LogP) is 0.594. The molecule has 0 N–H and O–H groups in total. The van der Waals surface area contributed by atoms with E-state index in [-0.39, 0.29) is 5.57 Å². The Balaban J connectivity index is 2.79. The van der Waals surface area contributed by atoms with Gasteiger partial charge < -0.3 is 14.5 Å². The molecule has 0 aromatic carbocycles. The van der Waals surface area contributed by atoms with Crippen LogP contribution in [0.4, 0.5) is 0 Å². The van der Waals surface area contributed by atoms with Crippen molar-refractivity contribution in [3.63, 3.8) is 0 Å². The first-order chi connectivity index (χ1) is 8.10. The number of rotatable bonds is 3. The summed E-state index contributed by atoms with van der Waals surface area (Å²) in [5, 5.41) is 9.03. The van der Waals surface area contributed by atoms with Crippen molar-refractivity contribution in [1.29, 1.82) is 5.26 Å². The number of carbonyl (C=O) groups excluding carboxylic acids is 1. The number of hydrogen-bond donors (Lipinski definition) is 0. The van der Waals surface area contributed by atoms with Crippen LogP contribution in [-0.4, -0.2) is 55.6 Å². The van der Waals surface area contributed by atoms with E-state index in [1.165, 1.54) is 0 Å². The molecule has 1 heterocycles. The third-order valence-electron chi connectivity index (χ3n) is 2.93. The third kappa shape index (κ3) is 3.46. The molecule has 0 aliphatic carbocycles. The maximum atomic E-state index is 11.6. The monoisotopic (exact) mass is 237 g/mol. The fourth-order valence-electron chi connectivity index (χ4n) is 1.78. The first-order valence-corrected chi connectivity index (χ1v) is 5.81. The minimum absolute atomic E-state index is 0.122. The molecule has 0 unspecified atom stereocenters. The summed E-state index contributed by atoms with van der Waals surface area (Å²) >= 11 is 0. The van der Waals surface area contributed by atoms with E-state index in [2.05, 4.69) is 16.8 Å². The van der Waals surface area contributed by atoms with Gasteiger partial charge in [0.25, 0.3) is 0 Å². The van der Waals surface area contributed by atoms with Gasteiger partial charge in [-0.05, 0) is 20.9 Å². The summed E-state index contributed by atoms with van der Waals surface area (Å²) in [5.41, 5.74) is 0.843. The first-order valence-electron chi connectivity index (χ1n) is 5.81. The Morgan fingerprint density at radius 1 is 1.35 bits per heavy atom. The highest BCUT2D eigenvalue weighted by atomic mass is 16.5. The number of likely N-dealkylation sites (N-methyl/N-ethyl adjacent to an activating group) is 1. The number of carbonyl (C=O) groups is 1. The Hall–Kier alpha value is -1.54. The number of nitrogens with zero attached hydrogens (tertiary/aromatic N) is 3. The van der Waals surface area contributed by atoms with Gasteiger partial charge in [0.15, 0.2) is 5.57 Å². The summed E-state index contributed by atoms with van der Waals surface area (Å²) < 4.78 is 4.87. The maximum absolute atomic E-state index is 11.6. The zero-order chi connectivity index (χ0) is 12.8. The van der Waals surface area contributed by atoms with E-state index < -0.39 is 5.97 Å². The Kier molecular flexibility index (Phi) is 4.98. The Morgan fingerprint density at radius 3 is 2.41 bits per heavy atom. The maximum Gasteiger partial charge on any atom is 0.350 e. The van der Waals surface area contributed by atoms with Crippen LogP contribution in [0.25, 0.3) is 0 Å². The second kappa shape index (κ2) is 6.26. The summed E-state index contributed by atoms with van der Waals surface area (Å²) in [6, 6.07) is 1.94. The molecule has 0 saturated carbocycles. The van der Waals surface area contributed by atoms with Gasteiger partial charge in [-0.25, -0.2) is 4.79 Å². The SMILES string of the molecule is CCOC(=O)/C(C#N)=C(/C)N1CCN(C)CC1. The van der Waals surface area contributed by atoms with Crippen molar-refractivity contribution in [3.05, 3.63) is 11.3 Å². The van der Waals surface area contributed by atoms with Crippen molar-refractivity contribution in [2.75, 3.05) is 39.8 Å². The van der Waals surface area contributed by atoms with Gasteiger partial charge in [-0.15, -0.1) is 0 Å². The van der Waals surface area contributed by atoms with Crippen molar-refractivity contribution in [1.82, 2.24) is 9.80 Å². The van der Waals surface area contributed by atoms with Crippen molar-refractivity contribution in [2.45, 2.75) is 13.8 Å². The summed E-state index contributed by atoms with van der Waals surface area (Å²) in [6.45, 7) is 7.40. The Morgan fingerprint density at radius 2 is 1.94 bits per heavy atom. The zero-order valence-electron chi connectivity index (χ0n) is 10.7. The van der Waals surface area contributed by atoms with Crippen molar-refractivity contribution in [3.8, 4) is 6.07 Å². The van der Waals surface area contributed by atoms with Gasteiger partial charge in [0, 0.05) is 31.9 Å². The van der Waals surface area contributed by atoms with Crippen LogP contribution in [0.5, 0.6) is 0 Å². The van der Waals surface area contributed by atoms with E-state index in [0.717, 1.165) is 31.9 Å². The number of hydrogen-bond acceptors (Lipinski definition) is 5. The molecule has 5 heteroatoms. The van der Waals surface area contributed by atoms with E-state index in [1.807, 2.05) is 6.07 Å².